The van der Waals surface area contributed by atoms with Gasteiger partial charge >= 0.3 is 6.18 Å². The lowest BCUT2D eigenvalue weighted by atomic mass is 10.3. The number of rotatable bonds is 3. The number of anilines is 1. The van der Waals surface area contributed by atoms with Crippen molar-refractivity contribution >= 4 is 16.5 Å². The molecular weight excluding hydrogens is 245 g/mol. The number of methoxy groups -OCH3 is 1. The molecule has 16 heavy (non-hydrogen) atoms. The van der Waals surface area contributed by atoms with E-state index in [0.717, 1.165) is 11.3 Å². The lowest BCUT2D eigenvalue weighted by molar-refractivity contribution is -0.206. The van der Waals surface area contributed by atoms with Crippen molar-refractivity contribution in [2.45, 2.75) is 12.3 Å². The van der Waals surface area contributed by atoms with Gasteiger partial charge in [-0.2, -0.15) is 18.2 Å². The minimum atomic E-state index is -4.72. The normalized spacial score (nSPS) is 13.7. The predicted octanol–water partition coefficient (Wildman–Crippen LogP) is 1.81. The van der Waals surface area contributed by atoms with Gasteiger partial charge in [0.15, 0.2) is 11.2 Å². The highest BCUT2D eigenvalue weighted by Gasteiger charge is 2.43. The van der Waals surface area contributed by atoms with E-state index in [1.807, 2.05) is 0 Å². The number of hydrogen-bond acceptors (Lipinski definition) is 5. The summed E-state index contributed by atoms with van der Waals surface area (Å²) in [5, 5.41) is 9.45. The second-order valence-corrected chi connectivity index (χ2v) is 4.22. The first-order valence-corrected chi connectivity index (χ1v) is 5.05. The summed E-state index contributed by atoms with van der Waals surface area (Å²) in [6.45, 7) is 0. The number of ether oxygens (including phenoxy) is 1. The molecule has 0 unspecified atom stereocenters. The summed E-state index contributed by atoms with van der Waals surface area (Å²) >= 11 is 0.747. The molecule has 1 atom stereocenters. The minimum Gasteiger partial charge on any atom is -0.480 e. The van der Waals surface area contributed by atoms with Crippen LogP contribution in [0.3, 0.4) is 0 Å². The highest BCUT2D eigenvalue weighted by molar-refractivity contribution is 7.16. The summed E-state index contributed by atoms with van der Waals surface area (Å²) in [5.74, 6) is -0.196. The number of aliphatic hydroxyl groups excluding tert-OH is 1. The summed E-state index contributed by atoms with van der Waals surface area (Å²) in [6, 6.07) is 0. The third kappa shape index (κ3) is 2.56. The van der Waals surface area contributed by atoms with Crippen molar-refractivity contribution in [2.75, 3.05) is 26.1 Å². The molecule has 0 fully saturated rings. The molecule has 92 valence electrons. The molecule has 1 heterocycles. The van der Waals surface area contributed by atoms with E-state index in [0.29, 0.717) is 5.13 Å². The zero-order valence-electron chi connectivity index (χ0n) is 8.87. The Morgan fingerprint density at radius 2 is 2.00 bits per heavy atom. The Balaban J connectivity index is 3.12. The third-order valence-corrected chi connectivity index (χ3v) is 3.00. The van der Waals surface area contributed by atoms with Crippen LogP contribution in [-0.2, 0) is 0 Å². The molecule has 0 saturated carbocycles. The monoisotopic (exact) mass is 256 g/mol. The van der Waals surface area contributed by atoms with Gasteiger partial charge in [0.25, 0.3) is 0 Å². The van der Waals surface area contributed by atoms with Crippen molar-refractivity contribution in [1.29, 1.82) is 0 Å². The molecule has 0 aromatic carbocycles. The van der Waals surface area contributed by atoms with Gasteiger partial charge in [-0.3, -0.25) is 0 Å². The standard InChI is InChI=1S/C8H11F3N2O2S/c1-13(2)7-12-6(15-3)4(16-7)5(14)8(9,10)11/h5,14H,1-3H3/t5-/m1/s1. The van der Waals surface area contributed by atoms with E-state index in [1.54, 1.807) is 19.0 Å². The van der Waals surface area contributed by atoms with E-state index in [1.165, 1.54) is 7.11 Å². The van der Waals surface area contributed by atoms with Crippen LogP contribution in [0.2, 0.25) is 0 Å². The second-order valence-electron chi connectivity index (χ2n) is 3.21. The molecule has 1 aromatic heterocycles. The van der Waals surface area contributed by atoms with Gasteiger partial charge in [0, 0.05) is 14.1 Å². The lowest BCUT2D eigenvalue weighted by Gasteiger charge is -2.13. The second kappa shape index (κ2) is 4.46. The molecule has 1 aromatic rings. The molecule has 4 nitrogen and oxygen atoms in total. The minimum absolute atomic E-state index is 0.196. The number of nitrogens with zero attached hydrogens (tertiary/aromatic N) is 2. The Bertz CT molecular complexity index is 365. The van der Waals surface area contributed by atoms with Crippen LogP contribution in [0.4, 0.5) is 18.3 Å². The van der Waals surface area contributed by atoms with Crippen LogP contribution >= 0.6 is 11.3 Å². The van der Waals surface area contributed by atoms with Gasteiger partial charge in [0.2, 0.25) is 5.88 Å². The molecule has 0 radical (unpaired) electrons. The fraction of sp³-hybridized carbons (Fsp3) is 0.625. The van der Waals surface area contributed by atoms with Crippen LogP contribution in [-0.4, -0.2) is 37.5 Å². The van der Waals surface area contributed by atoms with E-state index < -0.39 is 12.3 Å². The van der Waals surface area contributed by atoms with Crippen molar-refractivity contribution in [3.63, 3.8) is 0 Å². The van der Waals surface area contributed by atoms with E-state index in [9.17, 15) is 13.2 Å². The average Bonchev–Trinajstić information content (AvgIpc) is 2.58. The van der Waals surface area contributed by atoms with Gasteiger partial charge in [-0.25, -0.2) is 0 Å². The van der Waals surface area contributed by atoms with Crippen LogP contribution in [0.15, 0.2) is 0 Å². The molecule has 0 aliphatic carbocycles. The van der Waals surface area contributed by atoms with Gasteiger partial charge in [-0.05, 0) is 0 Å². The van der Waals surface area contributed by atoms with Crippen LogP contribution in [0.1, 0.15) is 11.0 Å². The van der Waals surface area contributed by atoms with Crippen molar-refractivity contribution in [1.82, 2.24) is 4.98 Å². The highest BCUT2D eigenvalue weighted by Crippen LogP contribution is 2.42. The smallest absolute Gasteiger partial charge is 0.419 e. The van der Waals surface area contributed by atoms with Crippen LogP contribution in [0.25, 0.3) is 0 Å². The van der Waals surface area contributed by atoms with Crippen LogP contribution in [0, 0.1) is 0 Å². The highest BCUT2D eigenvalue weighted by atomic mass is 32.1. The molecule has 0 aliphatic rings. The number of halogens is 3. The molecule has 1 rings (SSSR count). The third-order valence-electron chi connectivity index (χ3n) is 1.74. The summed E-state index contributed by atoms with van der Waals surface area (Å²) in [4.78, 5) is 5.03. The molecule has 0 aliphatic heterocycles. The van der Waals surface area contributed by atoms with Crippen LogP contribution < -0.4 is 9.64 Å². The largest absolute Gasteiger partial charge is 0.480 e. The van der Waals surface area contributed by atoms with Crippen molar-refractivity contribution in [3.05, 3.63) is 4.88 Å². The van der Waals surface area contributed by atoms with E-state index in [4.69, 9.17) is 9.84 Å². The quantitative estimate of drug-likeness (QED) is 0.896. The Morgan fingerprint density at radius 3 is 2.38 bits per heavy atom. The van der Waals surface area contributed by atoms with E-state index >= 15 is 0 Å². The first kappa shape index (κ1) is 13.0. The zero-order valence-corrected chi connectivity index (χ0v) is 9.69. The maximum absolute atomic E-state index is 12.3. The topological polar surface area (TPSA) is 45.6 Å². The maximum Gasteiger partial charge on any atom is 0.419 e. The summed E-state index contributed by atoms with van der Waals surface area (Å²) in [5.41, 5.74) is 0. The molecule has 1 N–H and O–H groups in total. The Hall–Kier alpha value is -1.02. The predicted molar refractivity (Wildman–Crippen MR) is 54.0 cm³/mol. The van der Waals surface area contributed by atoms with Gasteiger partial charge in [-0.15, -0.1) is 0 Å². The van der Waals surface area contributed by atoms with Crippen molar-refractivity contribution in [3.8, 4) is 5.88 Å². The number of aromatic nitrogens is 1. The maximum atomic E-state index is 12.3. The zero-order chi connectivity index (χ0) is 12.5. The molecule has 0 bridgehead atoms. The van der Waals surface area contributed by atoms with Gasteiger partial charge in [0.05, 0.1) is 7.11 Å². The Kier molecular flexibility index (Phi) is 3.64. The molecule has 8 heteroatoms. The molecule has 0 saturated heterocycles. The van der Waals surface area contributed by atoms with Gasteiger partial charge in [-0.1, -0.05) is 11.3 Å². The number of hydrogen-bond donors (Lipinski definition) is 1. The fourth-order valence-electron chi connectivity index (χ4n) is 0.966. The molecule has 0 spiro atoms. The summed E-state index contributed by atoms with van der Waals surface area (Å²) < 4.78 is 41.7. The Morgan fingerprint density at radius 1 is 1.44 bits per heavy atom. The lowest BCUT2D eigenvalue weighted by Crippen LogP contribution is -2.19. The van der Waals surface area contributed by atoms with Crippen molar-refractivity contribution in [2.24, 2.45) is 0 Å². The van der Waals surface area contributed by atoms with Gasteiger partial charge < -0.3 is 14.7 Å². The number of thiazole rings is 1. The fourth-order valence-corrected chi connectivity index (χ4v) is 1.94. The number of alkyl halides is 3. The van der Waals surface area contributed by atoms with E-state index in [-0.39, 0.29) is 10.8 Å². The first-order chi connectivity index (χ1) is 7.27. The van der Waals surface area contributed by atoms with Crippen molar-refractivity contribution < 1.29 is 23.0 Å². The summed E-state index contributed by atoms with van der Waals surface area (Å²) in [7, 11) is 4.49. The summed E-state index contributed by atoms with van der Waals surface area (Å²) in [6.07, 6.45) is -7.28. The number of aliphatic hydroxyl groups is 1. The van der Waals surface area contributed by atoms with Crippen LogP contribution in [0.5, 0.6) is 5.88 Å². The SMILES string of the molecule is COc1nc(N(C)C)sc1[C@@H](O)C(F)(F)F. The van der Waals surface area contributed by atoms with Gasteiger partial charge in [0.1, 0.15) is 4.88 Å². The molecular formula is C8H11F3N2O2S. The Labute approximate surface area is 94.3 Å². The first-order valence-electron chi connectivity index (χ1n) is 4.24. The van der Waals surface area contributed by atoms with E-state index in [2.05, 4.69) is 4.98 Å². The molecule has 0 amide bonds. The average molecular weight is 256 g/mol.